The number of amides is 1. The summed E-state index contributed by atoms with van der Waals surface area (Å²) in [4.78, 5) is 16.2. The van der Waals surface area contributed by atoms with Gasteiger partial charge in [0, 0.05) is 18.3 Å². The molecule has 0 atom stereocenters. The van der Waals surface area contributed by atoms with Gasteiger partial charge in [-0.1, -0.05) is 41.4 Å². The van der Waals surface area contributed by atoms with E-state index in [0.717, 1.165) is 5.56 Å². The Bertz CT molecular complexity index is 906. The Kier molecular flexibility index (Phi) is 5.48. The van der Waals surface area contributed by atoms with Crippen LogP contribution in [-0.4, -0.2) is 20.7 Å². The first kappa shape index (κ1) is 17.2. The summed E-state index contributed by atoms with van der Waals surface area (Å²) in [7, 11) is 0. The van der Waals surface area contributed by atoms with Gasteiger partial charge in [-0.3, -0.25) is 9.78 Å². The minimum absolute atomic E-state index is 0.274. The van der Waals surface area contributed by atoms with Gasteiger partial charge >= 0.3 is 0 Å². The standard InChI is InChI=1S/C18H14Cl2N4O/c19-15-6-3-4-13(18(15)20)12-24-16(9-11-22-24)23-17(25)8-7-14-5-1-2-10-21-14/h1-11H,12H2,(H,23,25)/b8-7-. The van der Waals surface area contributed by atoms with E-state index in [1.54, 1.807) is 35.3 Å². The maximum Gasteiger partial charge on any atom is 0.249 e. The van der Waals surface area contributed by atoms with Gasteiger partial charge in [-0.15, -0.1) is 0 Å². The first-order chi connectivity index (χ1) is 12.1. The van der Waals surface area contributed by atoms with E-state index in [1.807, 2.05) is 30.3 Å². The maximum atomic E-state index is 12.1. The summed E-state index contributed by atoms with van der Waals surface area (Å²) < 4.78 is 1.64. The van der Waals surface area contributed by atoms with Crippen LogP contribution in [-0.2, 0) is 11.3 Å². The SMILES string of the molecule is O=C(/C=C\c1ccccn1)Nc1ccnn1Cc1cccc(Cl)c1Cl. The van der Waals surface area contributed by atoms with Crippen molar-refractivity contribution in [1.82, 2.24) is 14.8 Å². The van der Waals surface area contributed by atoms with Crippen LogP contribution in [0.4, 0.5) is 5.82 Å². The van der Waals surface area contributed by atoms with E-state index in [9.17, 15) is 4.79 Å². The minimum Gasteiger partial charge on any atom is -0.307 e. The third-order valence-electron chi connectivity index (χ3n) is 3.41. The molecule has 5 nitrogen and oxygen atoms in total. The van der Waals surface area contributed by atoms with Crippen LogP contribution in [0.3, 0.4) is 0 Å². The molecule has 126 valence electrons. The number of halogens is 2. The van der Waals surface area contributed by atoms with E-state index in [2.05, 4.69) is 15.4 Å². The second kappa shape index (κ2) is 7.96. The Balaban J connectivity index is 1.70. The van der Waals surface area contributed by atoms with Crippen LogP contribution in [0.25, 0.3) is 6.08 Å². The lowest BCUT2D eigenvalue weighted by Gasteiger charge is -2.10. The molecule has 1 aromatic carbocycles. The van der Waals surface area contributed by atoms with E-state index in [0.29, 0.717) is 28.1 Å². The summed E-state index contributed by atoms with van der Waals surface area (Å²) in [6.45, 7) is 0.395. The molecule has 0 spiro atoms. The van der Waals surface area contributed by atoms with Crippen molar-refractivity contribution in [2.24, 2.45) is 0 Å². The average Bonchev–Trinajstić information content (AvgIpc) is 3.05. The largest absolute Gasteiger partial charge is 0.307 e. The second-order valence-electron chi connectivity index (χ2n) is 5.16. The number of nitrogens with zero attached hydrogens (tertiary/aromatic N) is 3. The van der Waals surface area contributed by atoms with Gasteiger partial charge < -0.3 is 5.32 Å². The molecule has 0 aliphatic carbocycles. The number of hydrogen-bond acceptors (Lipinski definition) is 3. The van der Waals surface area contributed by atoms with Gasteiger partial charge in [0.2, 0.25) is 5.91 Å². The van der Waals surface area contributed by atoms with Crippen LogP contribution >= 0.6 is 23.2 Å². The van der Waals surface area contributed by atoms with E-state index in [1.165, 1.54) is 6.08 Å². The van der Waals surface area contributed by atoms with Crippen LogP contribution < -0.4 is 5.32 Å². The quantitative estimate of drug-likeness (QED) is 0.679. The highest BCUT2D eigenvalue weighted by molar-refractivity contribution is 6.42. The molecule has 0 aliphatic heterocycles. The molecule has 0 saturated carbocycles. The fourth-order valence-corrected chi connectivity index (χ4v) is 2.58. The van der Waals surface area contributed by atoms with Gasteiger partial charge in [0.1, 0.15) is 5.82 Å². The Hall–Kier alpha value is -2.63. The van der Waals surface area contributed by atoms with E-state index in [-0.39, 0.29) is 5.91 Å². The topological polar surface area (TPSA) is 59.8 Å². The molecule has 3 aromatic rings. The molecule has 0 aliphatic rings. The molecule has 0 saturated heterocycles. The average molecular weight is 373 g/mol. The normalized spacial score (nSPS) is 11.0. The van der Waals surface area contributed by atoms with Crippen LogP contribution in [0.2, 0.25) is 10.0 Å². The zero-order chi connectivity index (χ0) is 17.6. The minimum atomic E-state index is -0.274. The zero-order valence-corrected chi connectivity index (χ0v) is 14.6. The van der Waals surface area contributed by atoms with E-state index >= 15 is 0 Å². The molecule has 1 amide bonds. The summed E-state index contributed by atoms with van der Waals surface area (Å²) in [5.74, 6) is 0.288. The third kappa shape index (κ3) is 4.47. The van der Waals surface area contributed by atoms with Crippen molar-refractivity contribution in [2.45, 2.75) is 6.54 Å². The van der Waals surface area contributed by atoms with E-state index in [4.69, 9.17) is 23.2 Å². The predicted molar refractivity (Wildman–Crippen MR) is 99.7 cm³/mol. The molecule has 2 aromatic heterocycles. The molecule has 0 fully saturated rings. The number of carbonyl (C=O) groups excluding carboxylic acids is 1. The number of rotatable bonds is 5. The molecule has 25 heavy (non-hydrogen) atoms. The van der Waals surface area contributed by atoms with Crippen molar-refractivity contribution < 1.29 is 4.79 Å². The number of hydrogen-bond donors (Lipinski definition) is 1. The Morgan fingerprint density at radius 1 is 1.12 bits per heavy atom. The highest BCUT2D eigenvalue weighted by Gasteiger charge is 2.09. The first-order valence-electron chi connectivity index (χ1n) is 7.48. The predicted octanol–water partition coefficient (Wildman–Crippen LogP) is 4.29. The van der Waals surface area contributed by atoms with Crippen molar-refractivity contribution in [1.29, 1.82) is 0 Å². The summed E-state index contributed by atoms with van der Waals surface area (Å²) in [5.41, 5.74) is 1.52. The van der Waals surface area contributed by atoms with Gasteiger partial charge in [-0.05, 0) is 29.8 Å². The highest BCUT2D eigenvalue weighted by atomic mass is 35.5. The smallest absolute Gasteiger partial charge is 0.249 e. The van der Waals surface area contributed by atoms with Crippen molar-refractivity contribution in [3.8, 4) is 0 Å². The van der Waals surface area contributed by atoms with Crippen molar-refractivity contribution in [3.63, 3.8) is 0 Å². The fraction of sp³-hybridized carbons (Fsp3) is 0.0556. The van der Waals surface area contributed by atoms with E-state index < -0.39 is 0 Å². The molecule has 7 heteroatoms. The zero-order valence-electron chi connectivity index (χ0n) is 13.1. The van der Waals surface area contributed by atoms with Gasteiger partial charge in [0.05, 0.1) is 28.5 Å². The molecule has 1 N–H and O–H groups in total. The number of carbonyl (C=O) groups is 1. The van der Waals surface area contributed by atoms with Crippen LogP contribution in [0.1, 0.15) is 11.3 Å². The summed E-state index contributed by atoms with van der Waals surface area (Å²) in [5, 5.41) is 7.96. The molecule has 0 bridgehead atoms. The third-order valence-corrected chi connectivity index (χ3v) is 4.27. The van der Waals surface area contributed by atoms with Gasteiger partial charge in [-0.25, -0.2) is 4.68 Å². The molecular formula is C18H14Cl2N4O. The van der Waals surface area contributed by atoms with Crippen LogP contribution in [0.15, 0.2) is 60.9 Å². The number of nitrogens with one attached hydrogen (secondary N) is 1. The Labute approximate surface area is 154 Å². The van der Waals surface area contributed by atoms with Crippen molar-refractivity contribution >= 4 is 41.0 Å². The number of benzene rings is 1. The van der Waals surface area contributed by atoms with Crippen LogP contribution in [0, 0.1) is 0 Å². The molecular weight excluding hydrogens is 359 g/mol. The van der Waals surface area contributed by atoms with Crippen molar-refractivity contribution in [2.75, 3.05) is 5.32 Å². The molecule has 3 rings (SSSR count). The first-order valence-corrected chi connectivity index (χ1v) is 8.24. The Morgan fingerprint density at radius 2 is 2.00 bits per heavy atom. The summed E-state index contributed by atoms with van der Waals surface area (Å²) in [6, 6.07) is 12.6. The van der Waals surface area contributed by atoms with Gasteiger partial charge in [0.15, 0.2) is 0 Å². The molecule has 0 unspecified atom stereocenters. The molecule has 0 radical (unpaired) electrons. The number of anilines is 1. The maximum absolute atomic E-state index is 12.1. The lowest BCUT2D eigenvalue weighted by atomic mass is 10.2. The highest BCUT2D eigenvalue weighted by Crippen LogP contribution is 2.26. The van der Waals surface area contributed by atoms with Gasteiger partial charge in [0.25, 0.3) is 0 Å². The monoisotopic (exact) mass is 372 g/mol. The summed E-state index contributed by atoms with van der Waals surface area (Å²) >= 11 is 12.2. The lowest BCUT2D eigenvalue weighted by molar-refractivity contribution is -0.111. The number of aromatic nitrogens is 3. The van der Waals surface area contributed by atoms with Crippen molar-refractivity contribution in [3.05, 3.63) is 82.2 Å². The Morgan fingerprint density at radius 3 is 2.80 bits per heavy atom. The number of pyridine rings is 1. The summed E-state index contributed by atoms with van der Waals surface area (Å²) in [6.07, 6.45) is 6.34. The fourth-order valence-electron chi connectivity index (χ4n) is 2.20. The van der Waals surface area contributed by atoms with Crippen LogP contribution in [0.5, 0.6) is 0 Å². The van der Waals surface area contributed by atoms with Gasteiger partial charge in [-0.2, -0.15) is 5.10 Å². The molecule has 2 heterocycles. The lowest BCUT2D eigenvalue weighted by Crippen LogP contribution is -2.14. The second-order valence-corrected chi connectivity index (χ2v) is 5.95.